The number of rotatable bonds is 1. The summed E-state index contributed by atoms with van der Waals surface area (Å²) in [4.78, 5) is 2.53. The quantitative estimate of drug-likeness (QED) is 0.586. The van der Waals surface area contributed by atoms with Crippen LogP contribution in [0.3, 0.4) is 0 Å². The highest BCUT2D eigenvalue weighted by Crippen LogP contribution is 2.14. The molecule has 1 fully saturated rings. The van der Waals surface area contributed by atoms with Crippen LogP contribution in [-0.2, 0) is 0 Å². The zero-order chi connectivity index (χ0) is 9.40. The van der Waals surface area contributed by atoms with Crippen LogP contribution in [-0.4, -0.2) is 24.5 Å². The van der Waals surface area contributed by atoms with Gasteiger partial charge in [0, 0.05) is 0 Å². The topological polar surface area (TPSA) is 3.24 Å². The Morgan fingerprint density at radius 2 is 1.50 bits per heavy atom. The first-order valence-corrected chi connectivity index (χ1v) is 5.46. The molecule has 1 heterocycles. The maximum atomic E-state index is 2.53. The molecule has 1 aliphatic heterocycles. The molecule has 0 atom stereocenters. The third-order valence-corrected chi connectivity index (χ3v) is 2.32. The van der Waals surface area contributed by atoms with Crippen molar-refractivity contribution >= 4 is 0 Å². The third kappa shape index (κ3) is 5.59. The number of likely N-dealkylation sites (tertiary alicyclic amines) is 1. The number of hydrogen-bond acceptors (Lipinski definition) is 1. The van der Waals surface area contributed by atoms with Gasteiger partial charge in [0.2, 0.25) is 0 Å². The smallest absolute Gasteiger partial charge is 0.00163 e. The minimum atomic E-state index is 0.979. The minimum Gasteiger partial charge on any atom is -0.304 e. The van der Waals surface area contributed by atoms with Gasteiger partial charge in [0.25, 0.3) is 0 Å². The molecule has 1 saturated heterocycles. The Bertz CT molecular complexity index is 83.0. The van der Waals surface area contributed by atoms with E-state index in [1.165, 1.54) is 38.9 Å². The fourth-order valence-corrected chi connectivity index (χ4v) is 1.38. The highest BCUT2D eigenvalue weighted by molar-refractivity contribution is 4.67. The van der Waals surface area contributed by atoms with Gasteiger partial charge in [-0.3, -0.25) is 0 Å². The van der Waals surface area contributed by atoms with Gasteiger partial charge in [0.05, 0.1) is 0 Å². The van der Waals surface area contributed by atoms with Gasteiger partial charge < -0.3 is 4.90 Å². The Hall–Kier alpha value is -0.0400. The summed E-state index contributed by atoms with van der Waals surface area (Å²) in [5, 5.41) is 0. The van der Waals surface area contributed by atoms with Crippen molar-refractivity contribution in [3.05, 3.63) is 0 Å². The summed E-state index contributed by atoms with van der Waals surface area (Å²) in [6.07, 6.45) is 4.07. The van der Waals surface area contributed by atoms with Crippen LogP contribution in [0.5, 0.6) is 0 Å². The fraction of sp³-hybridized carbons (Fsp3) is 1.00. The van der Waals surface area contributed by atoms with Gasteiger partial charge >= 0.3 is 0 Å². The normalized spacial score (nSPS) is 20.0. The summed E-state index contributed by atoms with van der Waals surface area (Å²) in [5.41, 5.74) is 0. The van der Waals surface area contributed by atoms with Crippen molar-refractivity contribution in [2.75, 3.05) is 19.6 Å². The summed E-state index contributed by atoms with van der Waals surface area (Å²) in [5.74, 6) is 0.979. The Morgan fingerprint density at radius 1 is 1.08 bits per heavy atom. The molecule has 0 aromatic rings. The SMILES string of the molecule is CCC.CCN1CCC(C)CC1. The van der Waals surface area contributed by atoms with E-state index in [0.717, 1.165) is 5.92 Å². The van der Waals surface area contributed by atoms with Crippen LogP contribution in [0.2, 0.25) is 0 Å². The largest absolute Gasteiger partial charge is 0.304 e. The van der Waals surface area contributed by atoms with Crippen LogP contribution in [0.25, 0.3) is 0 Å². The molecule has 0 aromatic carbocycles. The van der Waals surface area contributed by atoms with Gasteiger partial charge in [-0.15, -0.1) is 0 Å². The predicted octanol–water partition coefficient (Wildman–Crippen LogP) is 3.15. The van der Waals surface area contributed by atoms with E-state index in [1.54, 1.807) is 0 Å². The summed E-state index contributed by atoms with van der Waals surface area (Å²) < 4.78 is 0. The molecule has 0 saturated carbocycles. The summed E-state index contributed by atoms with van der Waals surface area (Å²) >= 11 is 0. The number of nitrogens with zero attached hydrogens (tertiary/aromatic N) is 1. The van der Waals surface area contributed by atoms with Gasteiger partial charge in [0.1, 0.15) is 0 Å². The molecular formula is C11H25N. The molecule has 0 aliphatic carbocycles. The minimum absolute atomic E-state index is 0.979. The van der Waals surface area contributed by atoms with Crippen LogP contribution < -0.4 is 0 Å². The molecule has 0 N–H and O–H groups in total. The molecular weight excluding hydrogens is 146 g/mol. The van der Waals surface area contributed by atoms with E-state index >= 15 is 0 Å². The van der Waals surface area contributed by atoms with E-state index in [1.807, 2.05) is 0 Å². The molecule has 0 spiro atoms. The van der Waals surface area contributed by atoms with Gasteiger partial charge in [-0.25, -0.2) is 0 Å². The lowest BCUT2D eigenvalue weighted by atomic mass is 9.99. The van der Waals surface area contributed by atoms with E-state index in [-0.39, 0.29) is 0 Å². The molecule has 0 bridgehead atoms. The lowest BCUT2D eigenvalue weighted by Gasteiger charge is -2.28. The van der Waals surface area contributed by atoms with Gasteiger partial charge in [0.15, 0.2) is 0 Å². The lowest BCUT2D eigenvalue weighted by molar-refractivity contribution is 0.201. The van der Waals surface area contributed by atoms with Crippen molar-refractivity contribution in [3.8, 4) is 0 Å². The Morgan fingerprint density at radius 3 is 1.83 bits per heavy atom. The Kier molecular flexibility index (Phi) is 7.58. The number of hydrogen-bond donors (Lipinski definition) is 0. The maximum absolute atomic E-state index is 2.53. The highest BCUT2D eigenvalue weighted by Gasteiger charge is 2.12. The van der Waals surface area contributed by atoms with E-state index < -0.39 is 0 Å². The molecule has 74 valence electrons. The Balaban J connectivity index is 0.000000354. The van der Waals surface area contributed by atoms with Gasteiger partial charge in [-0.1, -0.05) is 34.1 Å². The van der Waals surface area contributed by atoms with Crippen LogP contribution in [0.1, 0.15) is 47.0 Å². The van der Waals surface area contributed by atoms with Crippen molar-refractivity contribution in [1.29, 1.82) is 0 Å². The maximum Gasteiger partial charge on any atom is -0.00163 e. The summed E-state index contributed by atoms with van der Waals surface area (Å²) in [6, 6.07) is 0. The molecule has 12 heavy (non-hydrogen) atoms. The van der Waals surface area contributed by atoms with Crippen molar-refractivity contribution in [3.63, 3.8) is 0 Å². The Labute approximate surface area is 78.1 Å². The molecule has 1 nitrogen and oxygen atoms in total. The van der Waals surface area contributed by atoms with Crippen LogP contribution in [0.15, 0.2) is 0 Å². The van der Waals surface area contributed by atoms with Crippen LogP contribution in [0, 0.1) is 5.92 Å². The highest BCUT2D eigenvalue weighted by atomic mass is 15.1. The van der Waals surface area contributed by atoms with E-state index in [9.17, 15) is 0 Å². The second-order valence-electron chi connectivity index (χ2n) is 3.82. The molecule has 0 amide bonds. The molecule has 0 unspecified atom stereocenters. The van der Waals surface area contributed by atoms with Crippen LogP contribution >= 0.6 is 0 Å². The van der Waals surface area contributed by atoms with Crippen LogP contribution in [0.4, 0.5) is 0 Å². The average molecular weight is 171 g/mol. The van der Waals surface area contributed by atoms with Gasteiger partial charge in [-0.2, -0.15) is 0 Å². The monoisotopic (exact) mass is 171 g/mol. The molecule has 0 aromatic heterocycles. The van der Waals surface area contributed by atoms with Gasteiger partial charge in [-0.05, 0) is 38.4 Å². The van der Waals surface area contributed by atoms with E-state index in [0.29, 0.717) is 0 Å². The zero-order valence-corrected chi connectivity index (χ0v) is 9.27. The lowest BCUT2D eigenvalue weighted by Crippen LogP contribution is -2.32. The number of piperidine rings is 1. The zero-order valence-electron chi connectivity index (χ0n) is 9.27. The standard InChI is InChI=1S/C8H17N.C3H8/c1-3-9-6-4-8(2)5-7-9;1-3-2/h8H,3-7H2,1-2H3;3H2,1-2H3. The average Bonchev–Trinajstić information content (AvgIpc) is 2.07. The molecule has 1 aliphatic rings. The summed E-state index contributed by atoms with van der Waals surface area (Å²) in [7, 11) is 0. The van der Waals surface area contributed by atoms with Crippen molar-refractivity contribution in [2.45, 2.75) is 47.0 Å². The molecule has 0 radical (unpaired) electrons. The molecule has 1 heteroatoms. The second-order valence-corrected chi connectivity index (χ2v) is 3.82. The molecule has 1 rings (SSSR count). The first-order chi connectivity index (χ1) is 5.74. The van der Waals surface area contributed by atoms with Crippen molar-refractivity contribution in [1.82, 2.24) is 4.90 Å². The first-order valence-electron chi connectivity index (χ1n) is 5.46. The van der Waals surface area contributed by atoms with Crippen molar-refractivity contribution in [2.24, 2.45) is 5.92 Å². The van der Waals surface area contributed by atoms with E-state index in [2.05, 4.69) is 32.6 Å². The van der Waals surface area contributed by atoms with Crippen molar-refractivity contribution < 1.29 is 0 Å². The predicted molar refractivity (Wildman–Crippen MR) is 56.5 cm³/mol. The first kappa shape index (κ1) is 12.0. The second kappa shape index (κ2) is 7.60. The third-order valence-electron chi connectivity index (χ3n) is 2.32. The van der Waals surface area contributed by atoms with E-state index in [4.69, 9.17) is 0 Å². The fourth-order valence-electron chi connectivity index (χ4n) is 1.38. The summed E-state index contributed by atoms with van der Waals surface area (Å²) in [6.45, 7) is 12.8.